The number of allylic oxidation sites excluding steroid dienone is 2. The van der Waals surface area contributed by atoms with Crippen molar-refractivity contribution in [1.29, 1.82) is 0 Å². The summed E-state index contributed by atoms with van der Waals surface area (Å²) in [5.74, 6) is -5.91. The standard InChI is InChI=1S/C33H28N2O7/c1-33-24(29(38)34(31(33)40)18-9-4-3-5-10-18)16-23-20(14-15-21-25(23)30(39)35(28(21)37)32(41)42-2)26(33)22-13-12-17-8-6-7-11-19(17)27(22)36/h3-14,21,23-26,36H,15-16H2,1-2H3/t21-,23+,24-,25-,26+,33+/m0/s1. The van der Waals surface area contributed by atoms with Gasteiger partial charge in [-0.05, 0) is 43.2 Å². The Balaban J connectivity index is 1.43. The monoisotopic (exact) mass is 564 g/mol. The Bertz CT molecular complexity index is 1750. The molecule has 0 unspecified atom stereocenters. The van der Waals surface area contributed by atoms with E-state index in [1.54, 1.807) is 49.4 Å². The Hall–Kier alpha value is -4.79. The summed E-state index contributed by atoms with van der Waals surface area (Å²) in [6, 6.07) is 19.7. The van der Waals surface area contributed by atoms with Gasteiger partial charge in [-0.2, -0.15) is 4.90 Å². The Kier molecular flexibility index (Phi) is 5.67. The first-order chi connectivity index (χ1) is 20.2. The molecule has 6 atom stereocenters. The summed E-state index contributed by atoms with van der Waals surface area (Å²) >= 11 is 0. The number of methoxy groups -OCH3 is 1. The average Bonchev–Trinajstić information content (AvgIpc) is 3.37. The lowest BCUT2D eigenvalue weighted by molar-refractivity contribution is -0.138. The van der Waals surface area contributed by atoms with Gasteiger partial charge < -0.3 is 9.84 Å². The second kappa shape index (κ2) is 9.11. The molecule has 0 radical (unpaired) electrons. The summed E-state index contributed by atoms with van der Waals surface area (Å²) in [6.07, 6.45) is 1.18. The van der Waals surface area contributed by atoms with Crippen molar-refractivity contribution in [2.45, 2.75) is 25.7 Å². The molecule has 0 spiro atoms. The van der Waals surface area contributed by atoms with E-state index in [4.69, 9.17) is 4.74 Å². The van der Waals surface area contributed by atoms with E-state index in [-0.39, 0.29) is 30.4 Å². The van der Waals surface area contributed by atoms with E-state index in [9.17, 15) is 29.1 Å². The summed E-state index contributed by atoms with van der Waals surface area (Å²) in [5, 5.41) is 13.1. The van der Waals surface area contributed by atoms with Crippen LogP contribution in [0.5, 0.6) is 5.75 Å². The lowest BCUT2D eigenvalue weighted by Gasteiger charge is -2.49. The van der Waals surface area contributed by atoms with Crippen molar-refractivity contribution in [3.63, 3.8) is 0 Å². The molecule has 0 aromatic heterocycles. The van der Waals surface area contributed by atoms with E-state index < -0.39 is 52.9 Å². The summed E-state index contributed by atoms with van der Waals surface area (Å²) in [6.45, 7) is 1.77. The van der Waals surface area contributed by atoms with E-state index in [1.807, 2.05) is 30.3 Å². The van der Waals surface area contributed by atoms with Gasteiger partial charge in [0.15, 0.2) is 0 Å². The molecule has 212 valence electrons. The molecule has 42 heavy (non-hydrogen) atoms. The molecular weight excluding hydrogens is 536 g/mol. The molecule has 2 saturated heterocycles. The maximum absolute atomic E-state index is 14.4. The number of hydrogen-bond acceptors (Lipinski definition) is 7. The SMILES string of the molecule is COC(=O)N1C(=O)[C@H]2[C@H](CC=C3[C@H]2C[C@H]2C(=O)N(c4ccccc4)C(=O)[C@@]2(C)[C@H]3c2ccc3ccccc3c2O)C1=O. The van der Waals surface area contributed by atoms with E-state index in [0.29, 0.717) is 21.5 Å². The van der Waals surface area contributed by atoms with Crippen LogP contribution in [-0.4, -0.2) is 46.8 Å². The third kappa shape index (κ3) is 3.27. The number of likely N-dealkylation sites (tertiary alicyclic amines) is 1. The van der Waals surface area contributed by atoms with Crippen molar-refractivity contribution in [1.82, 2.24) is 4.90 Å². The van der Waals surface area contributed by atoms with Gasteiger partial charge in [0.1, 0.15) is 5.75 Å². The highest BCUT2D eigenvalue weighted by Gasteiger charge is 2.68. The number of amides is 5. The van der Waals surface area contributed by atoms with E-state index in [1.165, 1.54) is 4.90 Å². The highest BCUT2D eigenvalue weighted by atomic mass is 16.5. The molecule has 5 amide bonds. The van der Waals surface area contributed by atoms with E-state index in [0.717, 1.165) is 18.1 Å². The molecule has 3 aromatic carbocycles. The Labute approximate surface area is 241 Å². The molecule has 3 aromatic rings. The molecule has 9 heteroatoms. The highest BCUT2D eigenvalue weighted by molar-refractivity contribution is 6.24. The van der Waals surface area contributed by atoms with Crippen LogP contribution in [0.25, 0.3) is 10.8 Å². The fourth-order valence-electron chi connectivity index (χ4n) is 7.96. The first kappa shape index (κ1) is 26.1. The molecule has 3 fully saturated rings. The topological polar surface area (TPSA) is 121 Å². The van der Waals surface area contributed by atoms with Crippen molar-refractivity contribution >= 4 is 46.2 Å². The zero-order chi connectivity index (χ0) is 29.5. The van der Waals surface area contributed by atoms with Gasteiger partial charge in [0.25, 0.3) is 0 Å². The van der Waals surface area contributed by atoms with Crippen LogP contribution in [0.3, 0.4) is 0 Å². The molecule has 1 N–H and O–H groups in total. The molecule has 2 heterocycles. The molecule has 0 bridgehead atoms. The predicted molar refractivity (Wildman–Crippen MR) is 151 cm³/mol. The summed E-state index contributed by atoms with van der Waals surface area (Å²) in [5.41, 5.74) is 0.372. The number of para-hydroxylation sites is 1. The van der Waals surface area contributed by atoms with Gasteiger partial charge >= 0.3 is 6.09 Å². The number of hydrogen-bond donors (Lipinski definition) is 1. The lowest BCUT2D eigenvalue weighted by Crippen LogP contribution is -2.49. The smallest absolute Gasteiger partial charge is 0.423 e. The van der Waals surface area contributed by atoms with Crippen molar-refractivity contribution in [2.75, 3.05) is 12.0 Å². The van der Waals surface area contributed by atoms with Crippen LogP contribution in [0.4, 0.5) is 10.5 Å². The van der Waals surface area contributed by atoms with Gasteiger partial charge in [-0.15, -0.1) is 0 Å². The number of nitrogens with zero attached hydrogens (tertiary/aromatic N) is 2. The number of aromatic hydroxyl groups is 1. The summed E-state index contributed by atoms with van der Waals surface area (Å²) in [4.78, 5) is 69.7. The number of phenolic OH excluding ortho intramolecular Hbond substituents is 1. The number of phenols is 1. The second-order valence-corrected chi connectivity index (χ2v) is 11.7. The van der Waals surface area contributed by atoms with Gasteiger partial charge in [-0.3, -0.25) is 19.2 Å². The molecule has 2 aliphatic carbocycles. The summed E-state index contributed by atoms with van der Waals surface area (Å²) < 4.78 is 4.73. The molecule has 9 nitrogen and oxygen atoms in total. The number of fused-ring (bicyclic) bond motifs is 5. The van der Waals surface area contributed by atoms with Crippen LogP contribution < -0.4 is 4.90 Å². The minimum Gasteiger partial charge on any atom is -0.507 e. The van der Waals surface area contributed by atoms with Crippen molar-refractivity contribution in [3.8, 4) is 5.75 Å². The van der Waals surface area contributed by atoms with Gasteiger partial charge in [-0.1, -0.05) is 66.2 Å². The number of carbonyl (C=O) groups is 5. The van der Waals surface area contributed by atoms with Crippen LogP contribution in [-0.2, 0) is 23.9 Å². The van der Waals surface area contributed by atoms with Crippen LogP contribution in [0.1, 0.15) is 31.2 Å². The molecule has 7 rings (SSSR count). The van der Waals surface area contributed by atoms with Gasteiger partial charge in [0, 0.05) is 16.9 Å². The zero-order valence-corrected chi connectivity index (χ0v) is 23.0. The third-order valence-corrected chi connectivity index (χ3v) is 9.89. The number of rotatable bonds is 2. The number of ether oxygens (including phenoxy) is 1. The Morgan fingerprint density at radius 1 is 0.905 bits per heavy atom. The van der Waals surface area contributed by atoms with Crippen LogP contribution >= 0.6 is 0 Å². The number of carbonyl (C=O) groups excluding carboxylic acids is 5. The largest absolute Gasteiger partial charge is 0.507 e. The second-order valence-electron chi connectivity index (χ2n) is 11.7. The third-order valence-electron chi connectivity index (χ3n) is 9.89. The Morgan fingerprint density at radius 3 is 2.36 bits per heavy atom. The van der Waals surface area contributed by atoms with Crippen molar-refractivity contribution in [3.05, 3.63) is 83.9 Å². The maximum Gasteiger partial charge on any atom is 0.423 e. The average molecular weight is 565 g/mol. The van der Waals surface area contributed by atoms with E-state index >= 15 is 0 Å². The van der Waals surface area contributed by atoms with Gasteiger partial charge in [0.2, 0.25) is 23.6 Å². The van der Waals surface area contributed by atoms with Gasteiger partial charge in [-0.25, -0.2) is 9.69 Å². The minimum absolute atomic E-state index is 0.00479. The highest BCUT2D eigenvalue weighted by Crippen LogP contribution is 2.64. The van der Waals surface area contributed by atoms with Gasteiger partial charge in [0.05, 0.1) is 36.0 Å². The fourth-order valence-corrected chi connectivity index (χ4v) is 7.96. The first-order valence-corrected chi connectivity index (χ1v) is 14.0. The molecule has 1 saturated carbocycles. The number of imide groups is 4. The summed E-state index contributed by atoms with van der Waals surface area (Å²) in [7, 11) is 1.11. The fraction of sp³-hybridized carbons (Fsp3) is 0.303. The zero-order valence-electron chi connectivity index (χ0n) is 23.0. The Morgan fingerprint density at radius 2 is 1.62 bits per heavy atom. The lowest BCUT2D eigenvalue weighted by atomic mass is 9.51. The maximum atomic E-state index is 14.4. The predicted octanol–water partition coefficient (Wildman–Crippen LogP) is 4.54. The van der Waals surface area contributed by atoms with Crippen LogP contribution in [0.15, 0.2) is 78.4 Å². The van der Waals surface area contributed by atoms with Crippen molar-refractivity contribution < 1.29 is 33.8 Å². The minimum atomic E-state index is -1.28. The number of benzene rings is 3. The number of anilines is 1. The molecule has 4 aliphatic rings. The quantitative estimate of drug-likeness (QED) is 0.358. The van der Waals surface area contributed by atoms with Crippen LogP contribution in [0, 0.1) is 29.1 Å². The first-order valence-electron chi connectivity index (χ1n) is 14.0. The van der Waals surface area contributed by atoms with E-state index in [2.05, 4.69) is 0 Å². The van der Waals surface area contributed by atoms with Crippen molar-refractivity contribution in [2.24, 2.45) is 29.1 Å². The molecule has 2 aliphatic heterocycles. The normalized spacial score (nSPS) is 30.2. The molecular formula is C33H28N2O7. The van der Waals surface area contributed by atoms with Crippen LogP contribution in [0.2, 0.25) is 0 Å².